The van der Waals surface area contributed by atoms with Gasteiger partial charge in [0, 0.05) is 18.8 Å². The van der Waals surface area contributed by atoms with E-state index in [-0.39, 0.29) is 24.3 Å². The molecule has 178 valence electrons. The van der Waals surface area contributed by atoms with Crippen LogP contribution >= 0.6 is 0 Å². The van der Waals surface area contributed by atoms with E-state index >= 15 is 0 Å². The van der Waals surface area contributed by atoms with E-state index in [4.69, 9.17) is 14.5 Å². The number of carbonyl (C=O) groups excluding carboxylic acids is 1. The fourth-order valence-electron chi connectivity index (χ4n) is 5.02. The highest BCUT2D eigenvalue weighted by Gasteiger charge is 2.52. The number of hydrogen-bond acceptors (Lipinski definition) is 6. The molecular formula is C26H35N3O4. The fraction of sp³-hybridized carbons (Fsp3) is 0.538. The van der Waals surface area contributed by atoms with Gasteiger partial charge in [0.05, 0.1) is 25.3 Å². The monoisotopic (exact) mass is 453 g/mol. The molecule has 7 nitrogen and oxygen atoms in total. The van der Waals surface area contributed by atoms with Gasteiger partial charge in [-0.1, -0.05) is 18.2 Å². The summed E-state index contributed by atoms with van der Waals surface area (Å²) in [6.45, 7) is 8.67. The fourth-order valence-corrected chi connectivity index (χ4v) is 5.02. The van der Waals surface area contributed by atoms with Gasteiger partial charge in [-0.15, -0.1) is 0 Å². The van der Waals surface area contributed by atoms with E-state index in [1.807, 2.05) is 39.8 Å². The molecule has 1 spiro atoms. The number of rotatable bonds is 4. The highest BCUT2D eigenvalue weighted by molar-refractivity contribution is 5.70. The van der Waals surface area contributed by atoms with E-state index in [1.165, 1.54) is 5.56 Å². The first kappa shape index (κ1) is 23.4. The first-order valence-electron chi connectivity index (χ1n) is 11.6. The summed E-state index contributed by atoms with van der Waals surface area (Å²) in [6, 6.07) is 12.0. The van der Waals surface area contributed by atoms with E-state index in [1.54, 1.807) is 12.0 Å². The zero-order chi connectivity index (χ0) is 23.8. The van der Waals surface area contributed by atoms with Crippen LogP contribution in [0.15, 0.2) is 36.4 Å². The Balaban J connectivity index is 1.71. The van der Waals surface area contributed by atoms with Crippen LogP contribution in [0, 0.1) is 6.92 Å². The molecule has 0 bridgehead atoms. The summed E-state index contributed by atoms with van der Waals surface area (Å²) in [5.41, 5.74) is 2.41. The summed E-state index contributed by atoms with van der Waals surface area (Å²) in [5.74, 6) is 1.79. The number of hydrogen-bond donors (Lipinski definition) is 1. The second-order valence-electron chi connectivity index (χ2n) is 10.2. The van der Waals surface area contributed by atoms with E-state index in [0.717, 1.165) is 35.7 Å². The van der Waals surface area contributed by atoms with Gasteiger partial charge in [0.25, 0.3) is 0 Å². The standard InChI is InChI=1S/C26H35N3O4/c1-18-6-9-20-12-13-26(14-21(16-30)28(17-26)24(31)33-25(2,3)4)29(23(20)27-18)15-19-7-10-22(32-5)11-8-19/h6-11,21,30H,12-17H2,1-5H3/t21-,26+/m1/s1. The number of ether oxygens (including phenoxy) is 2. The number of pyridine rings is 1. The van der Waals surface area contributed by atoms with Gasteiger partial charge in [-0.05, 0) is 76.3 Å². The summed E-state index contributed by atoms with van der Waals surface area (Å²) < 4.78 is 11.0. The molecule has 0 aliphatic carbocycles. The molecule has 0 radical (unpaired) electrons. The SMILES string of the molecule is COc1ccc(CN2c3nc(C)ccc3CC[C@@]23C[C@H](CO)N(C(=O)OC(C)(C)C)C3)cc1. The van der Waals surface area contributed by atoms with Crippen molar-refractivity contribution in [2.75, 3.05) is 25.2 Å². The number of fused-ring (bicyclic) bond motifs is 1. The Hall–Kier alpha value is -2.80. The van der Waals surface area contributed by atoms with E-state index in [0.29, 0.717) is 19.5 Å². The van der Waals surface area contributed by atoms with Crippen molar-refractivity contribution in [2.45, 2.75) is 70.7 Å². The van der Waals surface area contributed by atoms with Gasteiger partial charge in [0.2, 0.25) is 0 Å². The summed E-state index contributed by atoms with van der Waals surface area (Å²) >= 11 is 0. The highest BCUT2D eigenvalue weighted by Crippen LogP contribution is 2.44. The van der Waals surface area contributed by atoms with E-state index in [9.17, 15) is 9.90 Å². The van der Waals surface area contributed by atoms with E-state index in [2.05, 4.69) is 29.2 Å². The Kier molecular flexibility index (Phi) is 6.27. The summed E-state index contributed by atoms with van der Waals surface area (Å²) in [6.07, 6.45) is 2.08. The van der Waals surface area contributed by atoms with Crippen LogP contribution < -0.4 is 9.64 Å². The Morgan fingerprint density at radius 1 is 1.21 bits per heavy atom. The lowest BCUT2D eigenvalue weighted by atomic mass is 9.82. The van der Waals surface area contributed by atoms with Crippen LogP contribution in [0.1, 0.15) is 50.4 Å². The molecule has 0 saturated carbocycles. The van der Waals surface area contributed by atoms with Crippen LogP contribution in [0.25, 0.3) is 0 Å². The molecule has 1 aromatic carbocycles. The second-order valence-corrected chi connectivity index (χ2v) is 10.2. The Morgan fingerprint density at radius 2 is 1.94 bits per heavy atom. The zero-order valence-electron chi connectivity index (χ0n) is 20.3. The number of amides is 1. The molecule has 1 amide bonds. The van der Waals surface area contributed by atoms with Crippen LogP contribution in [0.4, 0.5) is 10.6 Å². The minimum absolute atomic E-state index is 0.0918. The maximum absolute atomic E-state index is 13.0. The molecule has 2 aromatic rings. The quantitative estimate of drug-likeness (QED) is 0.752. The van der Waals surface area contributed by atoms with Crippen molar-refractivity contribution < 1.29 is 19.4 Å². The molecule has 2 aliphatic rings. The van der Waals surface area contributed by atoms with Gasteiger partial charge in [0.1, 0.15) is 17.2 Å². The number of anilines is 1. The molecule has 33 heavy (non-hydrogen) atoms. The van der Waals surface area contributed by atoms with Gasteiger partial charge in [-0.3, -0.25) is 0 Å². The smallest absolute Gasteiger partial charge is 0.410 e. The number of aromatic nitrogens is 1. The van der Waals surface area contributed by atoms with Crippen LogP contribution in [-0.2, 0) is 17.7 Å². The third-order valence-corrected chi connectivity index (χ3v) is 6.64. The topological polar surface area (TPSA) is 75.1 Å². The Labute approximate surface area is 196 Å². The predicted molar refractivity (Wildman–Crippen MR) is 128 cm³/mol. The van der Waals surface area contributed by atoms with Crippen molar-refractivity contribution in [1.82, 2.24) is 9.88 Å². The summed E-state index contributed by atoms with van der Waals surface area (Å²) in [5, 5.41) is 10.2. The number of aryl methyl sites for hydroxylation is 2. The van der Waals surface area contributed by atoms with Crippen LogP contribution in [0.5, 0.6) is 5.75 Å². The maximum Gasteiger partial charge on any atom is 0.410 e. The van der Waals surface area contributed by atoms with Crippen molar-refractivity contribution in [2.24, 2.45) is 0 Å². The lowest BCUT2D eigenvalue weighted by molar-refractivity contribution is 0.0169. The van der Waals surface area contributed by atoms with Gasteiger partial charge >= 0.3 is 6.09 Å². The molecule has 1 saturated heterocycles. The largest absolute Gasteiger partial charge is 0.497 e. The van der Waals surface area contributed by atoms with Crippen molar-refractivity contribution in [3.05, 3.63) is 53.2 Å². The number of nitrogens with zero attached hydrogens (tertiary/aromatic N) is 3. The van der Waals surface area contributed by atoms with Crippen molar-refractivity contribution in [1.29, 1.82) is 0 Å². The van der Waals surface area contributed by atoms with E-state index < -0.39 is 5.60 Å². The van der Waals surface area contributed by atoms with Gasteiger partial charge in [-0.25, -0.2) is 9.78 Å². The molecule has 7 heteroatoms. The molecule has 1 fully saturated rings. The molecule has 2 aliphatic heterocycles. The Morgan fingerprint density at radius 3 is 2.58 bits per heavy atom. The Bertz CT molecular complexity index is 1000. The molecular weight excluding hydrogens is 418 g/mol. The molecule has 0 unspecified atom stereocenters. The first-order chi connectivity index (χ1) is 15.6. The number of aliphatic hydroxyl groups is 1. The number of benzene rings is 1. The van der Waals surface area contributed by atoms with Crippen LogP contribution in [-0.4, -0.2) is 58.5 Å². The molecule has 1 aromatic heterocycles. The van der Waals surface area contributed by atoms with Crippen molar-refractivity contribution in [3.63, 3.8) is 0 Å². The lowest BCUT2D eigenvalue weighted by Gasteiger charge is -2.46. The molecule has 2 atom stereocenters. The average molecular weight is 454 g/mol. The average Bonchev–Trinajstić information content (AvgIpc) is 3.15. The minimum Gasteiger partial charge on any atom is -0.497 e. The zero-order valence-corrected chi connectivity index (χ0v) is 20.3. The van der Waals surface area contributed by atoms with Crippen LogP contribution in [0.3, 0.4) is 0 Å². The molecule has 4 rings (SSSR count). The van der Waals surface area contributed by atoms with Crippen LogP contribution in [0.2, 0.25) is 0 Å². The second kappa shape index (κ2) is 8.86. The third-order valence-electron chi connectivity index (χ3n) is 6.64. The number of likely N-dealkylation sites (tertiary alicyclic amines) is 1. The summed E-state index contributed by atoms with van der Waals surface area (Å²) in [4.78, 5) is 22.0. The maximum atomic E-state index is 13.0. The first-order valence-corrected chi connectivity index (χ1v) is 11.6. The number of methoxy groups -OCH3 is 1. The third kappa shape index (κ3) is 4.78. The minimum atomic E-state index is -0.590. The van der Waals surface area contributed by atoms with Gasteiger partial charge in [-0.2, -0.15) is 0 Å². The number of aliphatic hydroxyl groups excluding tert-OH is 1. The van der Waals surface area contributed by atoms with Crippen molar-refractivity contribution >= 4 is 11.9 Å². The van der Waals surface area contributed by atoms with Gasteiger partial charge in [0.15, 0.2) is 0 Å². The summed E-state index contributed by atoms with van der Waals surface area (Å²) in [7, 11) is 1.66. The molecule has 3 heterocycles. The van der Waals surface area contributed by atoms with Crippen molar-refractivity contribution in [3.8, 4) is 5.75 Å². The number of carbonyl (C=O) groups is 1. The highest BCUT2D eigenvalue weighted by atomic mass is 16.6. The normalized spacial score (nSPS) is 22.4. The lowest BCUT2D eigenvalue weighted by Crippen LogP contribution is -2.54. The van der Waals surface area contributed by atoms with Gasteiger partial charge < -0.3 is 24.4 Å². The predicted octanol–water partition coefficient (Wildman–Crippen LogP) is 4.09. The molecule has 1 N–H and O–H groups in total.